The van der Waals surface area contributed by atoms with Gasteiger partial charge in [0.25, 0.3) is 0 Å². The molecule has 0 spiro atoms. The van der Waals surface area contributed by atoms with Gasteiger partial charge in [0, 0.05) is 34.2 Å². The second-order valence-electron chi connectivity index (χ2n) is 9.69. The number of fused-ring (bicyclic) bond motifs is 3. The molecule has 0 radical (unpaired) electrons. The van der Waals surface area contributed by atoms with Gasteiger partial charge in [0.1, 0.15) is 11.8 Å². The number of H-pyrrole nitrogens is 1. The van der Waals surface area contributed by atoms with Crippen LogP contribution < -0.4 is 10.1 Å². The third kappa shape index (κ3) is 6.34. The highest BCUT2D eigenvalue weighted by Gasteiger charge is 2.35. The maximum absolute atomic E-state index is 12.9. The Morgan fingerprint density at radius 3 is 2.67 bits per heavy atom. The fourth-order valence-electron chi connectivity index (χ4n) is 4.92. The summed E-state index contributed by atoms with van der Waals surface area (Å²) in [7, 11) is 0. The molecule has 7 heteroatoms. The molecule has 0 fully saturated rings. The van der Waals surface area contributed by atoms with Crippen LogP contribution in [0.3, 0.4) is 0 Å². The van der Waals surface area contributed by atoms with E-state index in [1.807, 2.05) is 42.2 Å². The molecule has 6 nitrogen and oxygen atoms in total. The lowest BCUT2D eigenvalue weighted by Crippen LogP contribution is -2.40. The van der Waals surface area contributed by atoms with Gasteiger partial charge in [0.15, 0.2) is 0 Å². The zero-order chi connectivity index (χ0) is 25.5. The molecule has 0 bridgehead atoms. The van der Waals surface area contributed by atoms with Crippen molar-refractivity contribution in [3.05, 3.63) is 64.3 Å². The predicted molar refractivity (Wildman–Crippen MR) is 146 cm³/mol. The topological polar surface area (TPSA) is 66.6 Å². The van der Waals surface area contributed by atoms with Gasteiger partial charge in [0.2, 0.25) is 0 Å². The molecule has 1 unspecified atom stereocenters. The van der Waals surface area contributed by atoms with Crippen molar-refractivity contribution < 1.29 is 14.3 Å². The third-order valence-corrected chi connectivity index (χ3v) is 6.91. The number of rotatable bonds is 11. The summed E-state index contributed by atoms with van der Waals surface area (Å²) in [6, 6.07) is 14.3. The highest BCUT2D eigenvalue weighted by atomic mass is 35.5. The number of amides is 1. The molecule has 0 saturated heterocycles. The van der Waals surface area contributed by atoms with Gasteiger partial charge in [-0.15, -0.1) is 0 Å². The van der Waals surface area contributed by atoms with E-state index in [0.29, 0.717) is 30.8 Å². The van der Waals surface area contributed by atoms with E-state index in [1.165, 1.54) is 24.8 Å². The predicted octanol–water partition coefficient (Wildman–Crippen LogP) is 6.86. The molecular weight excluding hydrogens is 474 g/mol. The van der Waals surface area contributed by atoms with E-state index >= 15 is 0 Å². The molecule has 194 valence electrons. The molecule has 1 aliphatic rings. The van der Waals surface area contributed by atoms with E-state index < -0.39 is 0 Å². The summed E-state index contributed by atoms with van der Waals surface area (Å²) in [4.78, 5) is 18.2. The van der Waals surface area contributed by atoms with E-state index in [4.69, 9.17) is 21.1 Å². The number of aromatic nitrogens is 1. The van der Waals surface area contributed by atoms with E-state index in [1.54, 1.807) is 0 Å². The van der Waals surface area contributed by atoms with Crippen molar-refractivity contribution in [2.24, 2.45) is 0 Å². The van der Waals surface area contributed by atoms with E-state index in [0.717, 1.165) is 47.3 Å². The lowest BCUT2D eigenvalue weighted by Gasteiger charge is -2.35. The van der Waals surface area contributed by atoms with Crippen LogP contribution in [0.2, 0.25) is 5.02 Å². The van der Waals surface area contributed by atoms with Crippen molar-refractivity contribution >= 4 is 28.6 Å². The van der Waals surface area contributed by atoms with Crippen LogP contribution in [0.5, 0.6) is 5.75 Å². The number of nitrogens with zero attached hydrogens (tertiary/aromatic N) is 1. The number of ether oxygens (including phenoxy) is 2. The summed E-state index contributed by atoms with van der Waals surface area (Å²) in [6.45, 7) is 8.91. The summed E-state index contributed by atoms with van der Waals surface area (Å²) >= 11 is 6.29. The number of nitrogens with one attached hydrogen (secondary N) is 2. The number of halogens is 1. The Bertz CT molecular complexity index is 1140. The summed E-state index contributed by atoms with van der Waals surface area (Å²) in [5, 5.41) is 5.28. The van der Waals surface area contributed by atoms with Crippen molar-refractivity contribution in [3.63, 3.8) is 0 Å². The quantitative estimate of drug-likeness (QED) is 0.276. The van der Waals surface area contributed by atoms with Crippen molar-refractivity contribution in [2.45, 2.75) is 65.0 Å². The SMILES string of the molecule is CCOC(=O)N1CCc2c([nH]c3ccc(Cl)cc23)C1c1ccc(OCCCCCCNC(C)C)cc1. The van der Waals surface area contributed by atoms with Crippen molar-refractivity contribution in [2.75, 3.05) is 26.3 Å². The van der Waals surface area contributed by atoms with Crippen LogP contribution in [-0.4, -0.2) is 48.3 Å². The molecule has 3 aromatic rings. The molecule has 0 saturated carbocycles. The van der Waals surface area contributed by atoms with Crippen molar-refractivity contribution in [1.29, 1.82) is 0 Å². The highest BCUT2D eigenvalue weighted by Crippen LogP contribution is 2.39. The molecule has 1 atom stereocenters. The fourth-order valence-corrected chi connectivity index (χ4v) is 5.09. The minimum absolute atomic E-state index is 0.257. The van der Waals surface area contributed by atoms with Gasteiger partial charge in [-0.05, 0) is 74.2 Å². The van der Waals surface area contributed by atoms with Gasteiger partial charge in [-0.3, -0.25) is 4.90 Å². The van der Waals surface area contributed by atoms with E-state index in [9.17, 15) is 4.79 Å². The molecule has 2 heterocycles. The number of hydrogen-bond donors (Lipinski definition) is 2. The largest absolute Gasteiger partial charge is 0.494 e. The Morgan fingerprint density at radius 1 is 1.14 bits per heavy atom. The Morgan fingerprint density at radius 2 is 1.92 bits per heavy atom. The maximum Gasteiger partial charge on any atom is 0.410 e. The van der Waals surface area contributed by atoms with Gasteiger partial charge >= 0.3 is 6.09 Å². The summed E-state index contributed by atoms with van der Waals surface area (Å²) < 4.78 is 11.4. The Hall–Kier alpha value is -2.70. The van der Waals surface area contributed by atoms with Gasteiger partial charge < -0.3 is 19.8 Å². The number of carbonyl (C=O) groups is 1. The first kappa shape index (κ1) is 26.4. The molecule has 2 N–H and O–H groups in total. The van der Waals surface area contributed by atoms with E-state index in [2.05, 4.69) is 36.3 Å². The number of carbonyl (C=O) groups excluding carboxylic acids is 1. The van der Waals surface area contributed by atoms with Gasteiger partial charge in [-0.2, -0.15) is 0 Å². The summed E-state index contributed by atoms with van der Waals surface area (Å²) in [5.41, 5.74) is 4.28. The van der Waals surface area contributed by atoms with Crippen LogP contribution in [-0.2, 0) is 11.2 Å². The second kappa shape index (κ2) is 12.5. The average Bonchev–Trinajstić information content (AvgIpc) is 3.23. The molecule has 2 aromatic carbocycles. The second-order valence-corrected chi connectivity index (χ2v) is 10.1. The van der Waals surface area contributed by atoms with Crippen LogP contribution in [0.25, 0.3) is 10.9 Å². The monoisotopic (exact) mass is 511 g/mol. The van der Waals surface area contributed by atoms with Crippen LogP contribution in [0.1, 0.15) is 69.3 Å². The van der Waals surface area contributed by atoms with Crippen LogP contribution >= 0.6 is 11.6 Å². The van der Waals surface area contributed by atoms with Crippen LogP contribution in [0.15, 0.2) is 42.5 Å². The molecule has 1 aromatic heterocycles. The zero-order valence-corrected chi connectivity index (χ0v) is 22.4. The summed E-state index contributed by atoms with van der Waals surface area (Å²) in [6.07, 6.45) is 5.08. The van der Waals surface area contributed by atoms with Gasteiger partial charge in [0.05, 0.1) is 13.2 Å². The number of hydrogen-bond acceptors (Lipinski definition) is 4. The third-order valence-electron chi connectivity index (χ3n) is 6.68. The normalized spacial score (nSPS) is 15.4. The molecule has 1 aliphatic heterocycles. The van der Waals surface area contributed by atoms with Crippen LogP contribution in [0, 0.1) is 0 Å². The number of benzene rings is 2. The number of aromatic amines is 1. The lowest BCUT2D eigenvalue weighted by molar-refractivity contribution is 0.0932. The molecule has 1 amide bonds. The smallest absolute Gasteiger partial charge is 0.410 e. The molecule has 36 heavy (non-hydrogen) atoms. The first-order chi connectivity index (χ1) is 17.5. The molecule has 4 rings (SSSR count). The lowest BCUT2D eigenvalue weighted by atomic mass is 9.92. The average molecular weight is 512 g/mol. The first-order valence-corrected chi connectivity index (χ1v) is 13.5. The first-order valence-electron chi connectivity index (χ1n) is 13.2. The van der Waals surface area contributed by atoms with Crippen LogP contribution in [0.4, 0.5) is 4.79 Å². The molecular formula is C29H38ClN3O3. The van der Waals surface area contributed by atoms with Gasteiger partial charge in [-0.25, -0.2) is 4.79 Å². The fraction of sp³-hybridized carbons (Fsp3) is 0.483. The standard InChI is InChI=1S/C29H38ClN3O3/c1-4-35-29(34)33-17-15-24-25-19-22(30)11-14-26(25)32-27(24)28(33)21-9-12-23(13-10-21)36-18-8-6-5-7-16-31-20(2)3/h9-14,19-20,28,31-32H,4-8,15-18H2,1-3H3. The zero-order valence-electron chi connectivity index (χ0n) is 21.6. The van der Waals surface area contributed by atoms with Crippen molar-refractivity contribution in [3.8, 4) is 5.75 Å². The minimum Gasteiger partial charge on any atom is -0.494 e. The highest BCUT2D eigenvalue weighted by molar-refractivity contribution is 6.31. The Balaban J connectivity index is 1.44. The summed E-state index contributed by atoms with van der Waals surface area (Å²) in [5.74, 6) is 0.849. The van der Waals surface area contributed by atoms with E-state index in [-0.39, 0.29) is 12.1 Å². The van der Waals surface area contributed by atoms with Gasteiger partial charge in [-0.1, -0.05) is 50.4 Å². The molecule has 0 aliphatic carbocycles. The Labute approximate surface area is 219 Å². The maximum atomic E-state index is 12.9. The van der Waals surface area contributed by atoms with Crippen molar-refractivity contribution in [1.82, 2.24) is 15.2 Å². The Kier molecular flexibility index (Phi) is 9.16. The minimum atomic E-state index is -0.297. The number of unbranched alkanes of at least 4 members (excludes halogenated alkanes) is 3.